The summed E-state index contributed by atoms with van der Waals surface area (Å²) >= 11 is 0. The van der Waals surface area contributed by atoms with Crippen LogP contribution in [-0.2, 0) is 22.4 Å². The molecule has 24 heavy (non-hydrogen) atoms. The van der Waals surface area contributed by atoms with Crippen LogP contribution in [0.2, 0.25) is 0 Å². The molecule has 0 radical (unpaired) electrons. The second-order valence-corrected chi connectivity index (χ2v) is 4.80. The first-order valence-electron chi connectivity index (χ1n) is 7.83. The van der Waals surface area contributed by atoms with Gasteiger partial charge in [-0.2, -0.15) is 0 Å². The van der Waals surface area contributed by atoms with Crippen LogP contribution in [0, 0.1) is 0 Å². The van der Waals surface area contributed by atoms with Crippen molar-refractivity contribution in [3.05, 3.63) is 61.9 Å². The van der Waals surface area contributed by atoms with E-state index in [1.807, 2.05) is 18.3 Å². The molecule has 0 fully saturated rings. The summed E-state index contributed by atoms with van der Waals surface area (Å²) in [6.45, 7) is 9.67. The summed E-state index contributed by atoms with van der Waals surface area (Å²) in [5, 5.41) is 5.60. The summed E-state index contributed by atoms with van der Waals surface area (Å²) in [5.41, 5.74) is 0. The van der Waals surface area contributed by atoms with Crippen LogP contribution in [0.15, 0.2) is 61.1 Å². The minimum Gasteiger partial charge on any atom is -0.499 e. The van der Waals surface area contributed by atoms with Crippen molar-refractivity contribution in [3.8, 4) is 0 Å². The van der Waals surface area contributed by atoms with Crippen molar-refractivity contribution >= 4 is 12.1 Å². The average Bonchev–Trinajstić information content (AvgIpc) is 2.58. The third kappa shape index (κ3) is 8.75. The normalized spacial score (nSPS) is 11.0. The van der Waals surface area contributed by atoms with Crippen molar-refractivity contribution < 1.29 is 19.5 Å². The number of nitrogens with two attached hydrogens (primary N) is 1. The van der Waals surface area contributed by atoms with E-state index in [1.54, 1.807) is 30.8 Å². The van der Waals surface area contributed by atoms with Crippen molar-refractivity contribution in [3.63, 3.8) is 0 Å². The first-order chi connectivity index (χ1) is 11.8. The fourth-order valence-corrected chi connectivity index (χ4v) is 1.80. The van der Waals surface area contributed by atoms with Gasteiger partial charge in [-0.3, -0.25) is 5.41 Å². The van der Waals surface area contributed by atoms with Crippen LogP contribution in [0.25, 0.3) is 0 Å². The molecule has 0 aliphatic carbocycles. The maximum atomic E-state index is 5.60. The molecule has 1 aromatic heterocycles. The largest absolute Gasteiger partial charge is 0.499 e. The minimum atomic E-state index is 0.480. The zero-order valence-electron chi connectivity index (χ0n) is 14.0. The van der Waals surface area contributed by atoms with Gasteiger partial charge < -0.3 is 9.47 Å². The number of ether oxygens (including phenoxy) is 2. The maximum Gasteiger partial charge on any atom is 0.302 e. The molecule has 0 aliphatic heterocycles. The highest BCUT2D eigenvalue weighted by Crippen LogP contribution is 1.89. The van der Waals surface area contributed by atoms with Crippen LogP contribution >= 0.6 is 0 Å². The fourth-order valence-electron chi connectivity index (χ4n) is 1.80. The third-order valence-electron chi connectivity index (χ3n) is 2.91. The lowest BCUT2D eigenvalue weighted by Gasteiger charge is -2.04. The summed E-state index contributed by atoms with van der Waals surface area (Å²) in [6, 6.07) is 1.90. The predicted octanol–water partition coefficient (Wildman–Crippen LogP) is 0.449. The van der Waals surface area contributed by atoms with Gasteiger partial charge in [0.2, 0.25) is 0 Å². The molecule has 0 unspecified atom stereocenters. The Morgan fingerprint density at radius 1 is 1.29 bits per heavy atom. The van der Waals surface area contributed by atoms with E-state index in [-0.39, 0.29) is 0 Å². The number of rotatable bonds is 12. The SMILES string of the molecule is C=CCC(=[NH2+])N=C/C=C\OCCOCC[n+]1cccnc1CC=C. The Bertz CT molecular complexity index is 582. The van der Waals surface area contributed by atoms with Gasteiger partial charge in [0.1, 0.15) is 25.6 Å². The van der Waals surface area contributed by atoms with Gasteiger partial charge in [-0.05, 0) is 0 Å². The van der Waals surface area contributed by atoms with E-state index in [4.69, 9.17) is 14.9 Å². The van der Waals surface area contributed by atoms with E-state index in [0.717, 1.165) is 18.8 Å². The topological polar surface area (TPSA) is 73.2 Å². The molecule has 1 aromatic rings. The van der Waals surface area contributed by atoms with Gasteiger partial charge in [0.05, 0.1) is 38.5 Å². The van der Waals surface area contributed by atoms with E-state index in [9.17, 15) is 0 Å². The molecule has 0 aliphatic rings. The van der Waals surface area contributed by atoms with E-state index < -0.39 is 0 Å². The van der Waals surface area contributed by atoms with E-state index in [2.05, 4.69) is 27.7 Å². The van der Waals surface area contributed by atoms with Crippen molar-refractivity contribution in [2.75, 3.05) is 19.8 Å². The lowest BCUT2D eigenvalue weighted by molar-refractivity contribution is -0.708. The Balaban J connectivity index is 2.11. The number of nitrogens with zero attached hydrogens (tertiary/aromatic N) is 3. The quantitative estimate of drug-likeness (QED) is 0.151. The highest BCUT2D eigenvalue weighted by molar-refractivity contribution is 5.89. The summed E-state index contributed by atoms with van der Waals surface area (Å²) in [4.78, 5) is 8.33. The van der Waals surface area contributed by atoms with Gasteiger partial charge in [-0.25, -0.2) is 4.57 Å². The fraction of sp³-hybridized carbons (Fsp3) is 0.333. The van der Waals surface area contributed by atoms with Crippen molar-refractivity contribution in [1.82, 2.24) is 4.98 Å². The third-order valence-corrected chi connectivity index (χ3v) is 2.91. The Labute approximate surface area is 143 Å². The van der Waals surface area contributed by atoms with Crippen molar-refractivity contribution in [1.29, 1.82) is 0 Å². The number of aliphatic imine (C=N–C) groups is 1. The number of hydrogen-bond donors (Lipinski definition) is 1. The lowest BCUT2D eigenvalue weighted by atomic mass is 10.3. The molecule has 1 heterocycles. The number of aromatic nitrogens is 2. The highest BCUT2D eigenvalue weighted by Gasteiger charge is 2.08. The standard InChI is InChI=1S/C18H25N4O2/c1-3-7-17(19)20-10-6-13-23-15-16-24-14-12-22-11-5-9-21-18(22)8-4-2/h3-6,9-11,13,19H,1-2,7-8,12,14-16H2/q+1/p+1/b13-6-,19-17?,20-10?. The molecule has 0 saturated heterocycles. The summed E-state index contributed by atoms with van der Waals surface area (Å²) in [7, 11) is 0. The van der Waals surface area contributed by atoms with Crippen LogP contribution in [-0.4, -0.2) is 36.9 Å². The molecule has 0 atom stereocenters. The van der Waals surface area contributed by atoms with Crippen LogP contribution in [0.1, 0.15) is 12.2 Å². The molecular weight excluding hydrogens is 304 g/mol. The zero-order chi connectivity index (χ0) is 17.5. The molecule has 6 nitrogen and oxygen atoms in total. The van der Waals surface area contributed by atoms with Gasteiger partial charge in [-0.1, -0.05) is 22.1 Å². The summed E-state index contributed by atoms with van der Waals surface area (Å²) in [6.07, 6.45) is 13.5. The molecule has 1 rings (SSSR count). The molecule has 2 N–H and O–H groups in total. The highest BCUT2D eigenvalue weighted by atomic mass is 16.5. The molecule has 128 valence electrons. The molecule has 0 amide bonds. The maximum absolute atomic E-state index is 5.60. The van der Waals surface area contributed by atoms with Crippen LogP contribution in [0.5, 0.6) is 0 Å². The first kappa shape index (κ1) is 19.4. The summed E-state index contributed by atoms with van der Waals surface area (Å²) < 4.78 is 12.9. The van der Waals surface area contributed by atoms with Crippen LogP contribution < -0.4 is 9.98 Å². The Morgan fingerprint density at radius 2 is 2.17 bits per heavy atom. The second kappa shape index (κ2) is 12.9. The Kier molecular flexibility index (Phi) is 10.4. The van der Waals surface area contributed by atoms with Gasteiger partial charge in [0.15, 0.2) is 0 Å². The second-order valence-electron chi connectivity index (χ2n) is 4.80. The molecule has 0 saturated carbocycles. The van der Waals surface area contributed by atoms with Gasteiger partial charge in [-0.15, -0.1) is 13.2 Å². The van der Waals surface area contributed by atoms with E-state index in [1.165, 1.54) is 0 Å². The number of hydrogen-bond acceptors (Lipinski definition) is 3. The van der Waals surface area contributed by atoms with Crippen LogP contribution in [0.3, 0.4) is 0 Å². The van der Waals surface area contributed by atoms with Gasteiger partial charge >= 0.3 is 5.82 Å². The van der Waals surface area contributed by atoms with Crippen molar-refractivity contribution in [2.24, 2.45) is 4.99 Å². The monoisotopic (exact) mass is 330 g/mol. The zero-order valence-corrected chi connectivity index (χ0v) is 14.0. The lowest BCUT2D eigenvalue weighted by Crippen LogP contribution is -2.41. The smallest absolute Gasteiger partial charge is 0.302 e. The average molecular weight is 330 g/mol. The van der Waals surface area contributed by atoms with E-state index in [0.29, 0.717) is 32.1 Å². The molecule has 0 bridgehead atoms. The Hall–Kier alpha value is -2.60. The predicted molar refractivity (Wildman–Crippen MR) is 94.5 cm³/mol. The van der Waals surface area contributed by atoms with Crippen molar-refractivity contribution in [2.45, 2.75) is 19.4 Å². The first-order valence-corrected chi connectivity index (χ1v) is 7.83. The minimum absolute atomic E-state index is 0.480. The van der Waals surface area contributed by atoms with Gasteiger partial charge in [0.25, 0.3) is 5.84 Å². The molecule has 6 heteroatoms. The molecule has 0 spiro atoms. The summed E-state index contributed by atoms with van der Waals surface area (Å²) in [5.74, 6) is 1.49. The Morgan fingerprint density at radius 3 is 2.96 bits per heavy atom. The number of allylic oxidation sites excluding steroid dienone is 2. The number of amidine groups is 1. The molecular formula is C18H26N4O2+2. The van der Waals surface area contributed by atoms with Crippen LogP contribution in [0.4, 0.5) is 0 Å². The molecule has 0 aromatic carbocycles. The van der Waals surface area contributed by atoms with E-state index >= 15 is 0 Å². The van der Waals surface area contributed by atoms with Gasteiger partial charge in [0, 0.05) is 12.1 Å².